The zero-order valence-corrected chi connectivity index (χ0v) is 12.2. The van der Waals surface area contributed by atoms with E-state index in [0.29, 0.717) is 0 Å². The Balaban J connectivity index is 2.21. The fraction of sp³-hybridized carbons (Fsp3) is 0.714. The summed E-state index contributed by atoms with van der Waals surface area (Å²) in [6.45, 7) is 6.55. The maximum absolute atomic E-state index is 11.7. The van der Waals surface area contributed by atoms with Gasteiger partial charge in [0.25, 0.3) is 0 Å². The third-order valence-corrected chi connectivity index (χ3v) is 3.43. The monoisotopic (exact) mass is 265 g/mol. The molecule has 0 radical (unpaired) electrons. The number of aromatic nitrogens is 2. The van der Waals surface area contributed by atoms with Crippen molar-refractivity contribution in [2.75, 3.05) is 13.7 Å². The van der Waals surface area contributed by atoms with Gasteiger partial charge in [-0.1, -0.05) is 0 Å². The summed E-state index contributed by atoms with van der Waals surface area (Å²) in [5.41, 5.74) is 2.39. The first-order valence-electron chi connectivity index (χ1n) is 6.79. The van der Waals surface area contributed by atoms with Gasteiger partial charge in [0.05, 0.1) is 17.8 Å². The third-order valence-electron chi connectivity index (χ3n) is 3.43. The lowest BCUT2D eigenvalue weighted by atomic mass is 9.92. The number of amides is 1. The molecule has 2 rings (SSSR count). The van der Waals surface area contributed by atoms with E-state index >= 15 is 0 Å². The van der Waals surface area contributed by atoms with Crippen LogP contribution in [0.3, 0.4) is 0 Å². The first-order valence-corrected chi connectivity index (χ1v) is 6.79. The summed E-state index contributed by atoms with van der Waals surface area (Å²) in [4.78, 5) is 11.7. The number of ether oxygens (including phenoxy) is 1. The van der Waals surface area contributed by atoms with Crippen molar-refractivity contribution in [1.29, 1.82) is 0 Å². The van der Waals surface area contributed by atoms with Gasteiger partial charge < -0.3 is 10.1 Å². The van der Waals surface area contributed by atoms with Crippen molar-refractivity contribution >= 4 is 5.91 Å². The highest BCUT2D eigenvalue weighted by molar-refractivity contribution is 5.77. The van der Waals surface area contributed by atoms with Crippen LogP contribution in [-0.4, -0.2) is 29.4 Å². The average molecular weight is 265 g/mol. The second-order valence-electron chi connectivity index (χ2n) is 6.07. The van der Waals surface area contributed by atoms with Crippen LogP contribution in [0, 0.1) is 0 Å². The number of fused-ring (bicyclic) bond motifs is 1. The molecule has 106 valence electrons. The van der Waals surface area contributed by atoms with Crippen LogP contribution in [0.1, 0.15) is 50.9 Å². The Morgan fingerprint density at radius 2 is 2.32 bits per heavy atom. The van der Waals surface area contributed by atoms with Gasteiger partial charge in [0.2, 0.25) is 5.91 Å². The highest BCUT2D eigenvalue weighted by atomic mass is 16.5. The lowest BCUT2D eigenvalue weighted by Crippen LogP contribution is -2.34. The van der Waals surface area contributed by atoms with Gasteiger partial charge in [0.15, 0.2) is 0 Å². The van der Waals surface area contributed by atoms with Crippen LogP contribution in [0.25, 0.3) is 0 Å². The Morgan fingerprint density at radius 1 is 1.58 bits per heavy atom. The molecule has 0 aromatic carbocycles. The van der Waals surface area contributed by atoms with Gasteiger partial charge in [-0.2, -0.15) is 5.10 Å². The first kappa shape index (κ1) is 14.1. The van der Waals surface area contributed by atoms with Crippen molar-refractivity contribution in [2.24, 2.45) is 0 Å². The predicted molar refractivity (Wildman–Crippen MR) is 72.9 cm³/mol. The first-order chi connectivity index (χ1) is 8.93. The minimum absolute atomic E-state index is 0.0218. The number of carbonyl (C=O) groups excluding carboxylic acids is 1. The highest BCUT2D eigenvalue weighted by Gasteiger charge is 2.28. The van der Waals surface area contributed by atoms with Crippen molar-refractivity contribution < 1.29 is 9.53 Å². The number of hydrogen-bond donors (Lipinski definition) is 1. The summed E-state index contributed by atoms with van der Waals surface area (Å²) < 4.78 is 6.94. The molecule has 1 heterocycles. The molecule has 0 aliphatic heterocycles. The molecule has 0 bridgehead atoms. The summed E-state index contributed by atoms with van der Waals surface area (Å²) in [6.07, 6.45) is 4.98. The van der Waals surface area contributed by atoms with Crippen molar-refractivity contribution in [1.82, 2.24) is 15.1 Å². The van der Waals surface area contributed by atoms with Crippen LogP contribution in [0.4, 0.5) is 0 Å². The van der Waals surface area contributed by atoms with Gasteiger partial charge in [-0.3, -0.25) is 9.48 Å². The van der Waals surface area contributed by atoms with E-state index in [9.17, 15) is 4.79 Å². The molecule has 1 aromatic rings. The molecule has 1 aliphatic carbocycles. The molecule has 5 nitrogen and oxygen atoms in total. The summed E-state index contributed by atoms with van der Waals surface area (Å²) in [5, 5.41) is 7.53. The van der Waals surface area contributed by atoms with Crippen LogP contribution < -0.4 is 5.32 Å². The van der Waals surface area contributed by atoms with Gasteiger partial charge in [-0.15, -0.1) is 0 Å². The molecular formula is C14H23N3O2. The largest absolute Gasteiger partial charge is 0.375 e. The Morgan fingerprint density at radius 3 is 2.95 bits per heavy atom. The molecule has 19 heavy (non-hydrogen) atoms. The molecule has 1 amide bonds. The smallest absolute Gasteiger partial charge is 0.246 e. The predicted octanol–water partition coefficient (Wildman–Crippen LogP) is 1.78. The molecule has 1 atom stereocenters. The normalized spacial score (nSPS) is 19.1. The number of nitrogens with one attached hydrogen (secondary N) is 1. The number of carbonyl (C=O) groups is 1. The van der Waals surface area contributed by atoms with Crippen LogP contribution in [0.15, 0.2) is 6.20 Å². The van der Waals surface area contributed by atoms with Crippen LogP contribution in [0.2, 0.25) is 0 Å². The van der Waals surface area contributed by atoms with Crippen molar-refractivity contribution in [3.05, 3.63) is 17.5 Å². The maximum atomic E-state index is 11.7. The molecule has 1 aromatic heterocycles. The second-order valence-corrected chi connectivity index (χ2v) is 6.07. The Hall–Kier alpha value is -1.36. The maximum Gasteiger partial charge on any atom is 0.246 e. The van der Waals surface area contributed by atoms with E-state index in [1.54, 1.807) is 0 Å². The molecule has 1 aliphatic rings. The van der Waals surface area contributed by atoms with Gasteiger partial charge in [0, 0.05) is 18.4 Å². The molecule has 1 N–H and O–H groups in total. The van der Waals surface area contributed by atoms with Gasteiger partial charge in [-0.05, 0) is 40.0 Å². The van der Waals surface area contributed by atoms with Crippen molar-refractivity contribution in [3.8, 4) is 0 Å². The lowest BCUT2D eigenvalue weighted by molar-refractivity contribution is -0.125. The highest BCUT2D eigenvalue weighted by Crippen LogP contribution is 2.32. The molecule has 0 spiro atoms. The number of rotatable bonds is 3. The molecule has 0 saturated carbocycles. The fourth-order valence-corrected chi connectivity index (χ4v) is 2.65. The second kappa shape index (κ2) is 5.33. The van der Waals surface area contributed by atoms with Gasteiger partial charge in [-0.25, -0.2) is 0 Å². The third kappa shape index (κ3) is 2.97. The van der Waals surface area contributed by atoms with E-state index in [1.807, 2.05) is 6.20 Å². The van der Waals surface area contributed by atoms with Crippen molar-refractivity contribution in [2.45, 2.75) is 51.6 Å². The number of hydrogen-bond acceptors (Lipinski definition) is 3. The number of methoxy groups -OCH3 is 1. The lowest BCUT2D eigenvalue weighted by Gasteiger charge is -2.28. The van der Waals surface area contributed by atoms with Crippen LogP contribution >= 0.6 is 0 Å². The standard InChI is InChI=1S/C14H23N3O2/c1-14(2,3)17-12-7-5-6-11(10(12)8-15-17)16-13(18)9-19-4/h8,11H,5-7,9H2,1-4H3,(H,16,18). The molecule has 0 saturated heterocycles. The Labute approximate surface area is 114 Å². The molecule has 0 fully saturated rings. The Kier molecular flexibility index (Phi) is 3.94. The van der Waals surface area contributed by atoms with Crippen LogP contribution in [-0.2, 0) is 21.5 Å². The van der Waals surface area contributed by atoms with Crippen LogP contribution in [0.5, 0.6) is 0 Å². The summed E-state index contributed by atoms with van der Waals surface area (Å²) in [6, 6.07) is 0.0718. The minimum Gasteiger partial charge on any atom is -0.375 e. The van der Waals surface area contributed by atoms with E-state index < -0.39 is 0 Å². The van der Waals surface area contributed by atoms with Gasteiger partial charge in [0.1, 0.15) is 6.61 Å². The van der Waals surface area contributed by atoms with Crippen molar-refractivity contribution in [3.63, 3.8) is 0 Å². The summed E-state index contributed by atoms with van der Waals surface area (Å²) >= 11 is 0. The molecule has 5 heteroatoms. The zero-order valence-electron chi connectivity index (χ0n) is 12.2. The van der Waals surface area contributed by atoms with E-state index in [4.69, 9.17) is 4.74 Å². The van der Waals surface area contributed by atoms with E-state index in [-0.39, 0.29) is 24.1 Å². The van der Waals surface area contributed by atoms with E-state index in [2.05, 4.69) is 35.9 Å². The summed E-state index contributed by atoms with van der Waals surface area (Å²) in [7, 11) is 1.53. The average Bonchev–Trinajstić information content (AvgIpc) is 2.73. The topological polar surface area (TPSA) is 56.1 Å². The zero-order chi connectivity index (χ0) is 14.0. The quantitative estimate of drug-likeness (QED) is 0.906. The fourth-order valence-electron chi connectivity index (χ4n) is 2.65. The Bertz CT molecular complexity index is 460. The van der Waals surface area contributed by atoms with Gasteiger partial charge >= 0.3 is 0 Å². The van der Waals surface area contributed by atoms with E-state index in [0.717, 1.165) is 24.8 Å². The molecular weight excluding hydrogens is 242 g/mol. The summed E-state index contributed by atoms with van der Waals surface area (Å²) in [5.74, 6) is -0.0659. The number of nitrogens with zero attached hydrogens (tertiary/aromatic N) is 2. The minimum atomic E-state index is -0.0659. The molecule has 1 unspecified atom stereocenters. The SMILES string of the molecule is COCC(=O)NC1CCCc2c1cnn2C(C)(C)C. The van der Waals surface area contributed by atoms with E-state index in [1.165, 1.54) is 12.8 Å².